The predicted octanol–water partition coefficient (Wildman–Crippen LogP) is 5.48. The van der Waals surface area contributed by atoms with Crippen molar-refractivity contribution in [3.8, 4) is 11.1 Å². The van der Waals surface area contributed by atoms with E-state index in [9.17, 15) is 0 Å². The molecule has 104 valence electrons. The van der Waals surface area contributed by atoms with Crippen molar-refractivity contribution in [2.24, 2.45) is 0 Å². The lowest BCUT2D eigenvalue weighted by Gasteiger charge is -2.41. The third kappa shape index (κ3) is 1.98. The van der Waals surface area contributed by atoms with Crippen LogP contribution in [0.3, 0.4) is 0 Å². The molecule has 0 aromatic heterocycles. The van der Waals surface area contributed by atoms with Crippen molar-refractivity contribution >= 4 is 0 Å². The maximum atomic E-state index is 2.36. The van der Waals surface area contributed by atoms with Crippen molar-refractivity contribution in [1.82, 2.24) is 0 Å². The first-order chi connectivity index (χ1) is 9.31. The van der Waals surface area contributed by atoms with Gasteiger partial charge in [0.05, 0.1) is 0 Å². The summed E-state index contributed by atoms with van der Waals surface area (Å²) in [5, 5.41) is 0. The molecule has 0 N–H and O–H groups in total. The van der Waals surface area contributed by atoms with Crippen molar-refractivity contribution in [1.29, 1.82) is 0 Å². The van der Waals surface area contributed by atoms with E-state index in [0.717, 1.165) is 0 Å². The Morgan fingerprint density at radius 3 is 2.15 bits per heavy atom. The molecule has 0 saturated carbocycles. The van der Waals surface area contributed by atoms with Gasteiger partial charge in [0.15, 0.2) is 0 Å². The molecule has 0 unspecified atom stereocenters. The standard InChI is InChI=1S/C20H24/c1-19(2,3)17-12-7-6-10-15(17)16-11-8-9-14-13-20(4,5)18(14)16/h6-12H,13H2,1-5H3. The summed E-state index contributed by atoms with van der Waals surface area (Å²) in [6, 6.07) is 15.7. The lowest BCUT2D eigenvalue weighted by atomic mass is 9.63. The molecule has 0 aliphatic heterocycles. The van der Waals surface area contributed by atoms with Crippen molar-refractivity contribution in [3.63, 3.8) is 0 Å². The molecule has 0 amide bonds. The molecule has 0 saturated heterocycles. The van der Waals surface area contributed by atoms with Gasteiger partial charge in [0.2, 0.25) is 0 Å². The van der Waals surface area contributed by atoms with E-state index in [-0.39, 0.29) is 5.41 Å². The monoisotopic (exact) mass is 264 g/mol. The van der Waals surface area contributed by atoms with Crippen LogP contribution in [0.1, 0.15) is 51.3 Å². The normalized spacial score (nSPS) is 16.4. The molecule has 1 aliphatic carbocycles. The summed E-state index contributed by atoms with van der Waals surface area (Å²) in [5.74, 6) is 0. The third-order valence-corrected chi connectivity index (χ3v) is 4.49. The van der Waals surface area contributed by atoms with Crippen LogP contribution >= 0.6 is 0 Å². The zero-order valence-electron chi connectivity index (χ0n) is 13.2. The minimum absolute atomic E-state index is 0.174. The first-order valence-electron chi connectivity index (χ1n) is 7.53. The minimum Gasteiger partial charge on any atom is -0.0619 e. The van der Waals surface area contributed by atoms with Gasteiger partial charge >= 0.3 is 0 Å². The Kier molecular flexibility index (Phi) is 2.83. The Hall–Kier alpha value is -1.56. The molecule has 2 aromatic carbocycles. The summed E-state index contributed by atoms with van der Waals surface area (Å²) >= 11 is 0. The summed E-state index contributed by atoms with van der Waals surface area (Å²) < 4.78 is 0. The van der Waals surface area contributed by atoms with E-state index >= 15 is 0 Å². The van der Waals surface area contributed by atoms with Gasteiger partial charge in [0, 0.05) is 0 Å². The average Bonchev–Trinajstić information content (AvgIpc) is 2.36. The smallest absolute Gasteiger partial charge is 0.00542 e. The Morgan fingerprint density at radius 1 is 0.850 bits per heavy atom. The molecule has 0 bridgehead atoms. The molecule has 2 aromatic rings. The lowest BCUT2D eigenvalue weighted by molar-refractivity contribution is 0.457. The molecule has 0 heterocycles. The van der Waals surface area contributed by atoms with Crippen molar-refractivity contribution in [2.75, 3.05) is 0 Å². The largest absolute Gasteiger partial charge is 0.0619 e. The van der Waals surface area contributed by atoms with E-state index in [2.05, 4.69) is 77.1 Å². The second-order valence-corrected chi connectivity index (χ2v) is 7.70. The Balaban J connectivity index is 2.25. The highest BCUT2D eigenvalue weighted by Gasteiger charge is 2.36. The fourth-order valence-electron chi connectivity index (χ4n) is 3.60. The third-order valence-electron chi connectivity index (χ3n) is 4.49. The molecular formula is C20H24. The fourth-order valence-corrected chi connectivity index (χ4v) is 3.60. The summed E-state index contributed by atoms with van der Waals surface area (Å²) in [6.45, 7) is 11.6. The zero-order valence-corrected chi connectivity index (χ0v) is 13.2. The first kappa shape index (κ1) is 13.4. The number of fused-ring (bicyclic) bond motifs is 1. The van der Waals surface area contributed by atoms with Crippen LogP contribution in [0.5, 0.6) is 0 Å². The minimum atomic E-state index is 0.174. The van der Waals surface area contributed by atoms with Crippen LogP contribution in [0.4, 0.5) is 0 Å². The van der Waals surface area contributed by atoms with Gasteiger partial charge in [0.1, 0.15) is 0 Å². The molecule has 1 aliphatic rings. The molecule has 0 heteroatoms. The van der Waals surface area contributed by atoms with E-state index in [1.165, 1.54) is 28.7 Å². The number of hydrogen-bond donors (Lipinski definition) is 0. The Bertz CT molecular complexity index is 654. The average molecular weight is 264 g/mol. The Morgan fingerprint density at radius 2 is 1.50 bits per heavy atom. The highest BCUT2D eigenvalue weighted by Crippen LogP contribution is 2.47. The quantitative estimate of drug-likeness (QED) is 0.639. The van der Waals surface area contributed by atoms with Gasteiger partial charge in [-0.3, -0.25) is 0 Å². The van der Waals surface area contributed by atoms with Crippen LogP contribution in [0.15, 0.2) is 42.5 Å². The maximum absolute atomic E-state index is 2.36. The molecule has 3 rings (SSSR count). The van der Waals surface area contributed by atoms with Crippen LogP contribution < -0.4 is 0 Å². The van der Waals surface area contributed by atoms with E-state index in [4.69, 9.17) is 0 Å². The number of benzene rings is 2. The topological polar surface area (TPSA) is 0 Å². The first-order valence-corrected chi connectivity index (χ1v) is 7.53. The van der Waals surface area contributed by atoms with Crippen molar-refractivity contribution < 1.29 is 0 Å². The highest BCUT2D eigenvalue weighted by atomic mass is 14.4. The molecule has 0 spiro atoms. The summed E-state index contributed by atoms with van der Waals surface area (Å²) in [4.78, 5) is 0. The summed E-state index contributed by atoms with van der Waals surface area (Å²) in [5.41, 5.74) is 7.85. The van der Waals surface area contributed by atoms with E-state index in [1.807, 2.05) is 0 Å². The van der Waals surface area contributed by atoms with Gasteiger partial charge in [-0.25, -0.2) is 0 Å². The van der Waals surface area contributed by atoms with Gasteiger partial charge < -0.3 is 0 Å². The molecular weight excluding hydrogens is 240 g/mol. The lowest BCUT2D eigenvalue weighted by Crippen LogP contribution is -2.33. The molecule has 0 atom stereocenters. The van der Waals surface area contributed by atoms with E-state index in [0.29, 0.717) is 5.41 Å². The van der Waals surface area contributed by atoms with Crippen LogP contribution in [0, 0.1) is 0 Å². The molecule has 0 radical (unpaired) electrons. The second kappa shape index (κ2) is 4.22. The SMILES string of the molecule is CC(C)(C)c1ccccc1-c1cccc2c1C(C)(C)C2. The van der Waals surface area contributed by atoms with Crippen LogP contribution in [0.25, 0.3) is 11.1 Å². The van der Waals surface area contributed by atoms with Crippen molar-refractivity contribution in [3.05, 3.63) is 59.2 Å². The van der Waals surface area contributed by atoms with Crippen LogP contribution in [-0.4, -0.2) is 0 Å². The van der Waals surface area contributed by atoms with Crippen molar-refractivity contribution in [2.45, 2.75) is 51.9 Å². The van der Waals surface area contributed by atoms with Gasteiger partial charge in [-0.05, 0) is 45.1 Å². The van der Waals surface area contributed by atoms with Gasteiger partial charge in [-0.1, -0.05) is 77.1 Å². The van der Waals surface area contributed by atoms with Gasteiger partial charge in [0.25, 0.3) is 0 Å². The fraction of sp³-hybridized carbons (Fsp3) is 0.400. The maximum Gasteiger partial charge on any atom is -0.00542 e. The van der Waals surface area contributed by atoms with Gasteiger partial charge in [-0.2, -0.15) is 0 Å². The summed E-state index contributed by atoms with van der Waals surface area (Å²) in [6.07, 6.45) is 1.20. The molecule has 20 heavy (non-hydrogen) atoms. The summed E-state index contributed by atoms with van der Waals surface area (Å²) in [7, 11) is 0. The highest BCUT2D eigenvalue weighted by molar-refractivity contribution is 5.76. The van der Waals surface area contributed by atoms with E-state index in [1.54, 1.807) is 5.56 Å². The molecule has 0 nitrogen and oxygen atoms in total. The number of hydrogen-bond acceptors (Lipinski definition) is 0. The van der Waals surface area contributed by atoms with E-state index < -0.39 is 0 Å². The van der Waals surface area contributed by atoms with Gasteiger partial charge in [-0.15, -0.1) is 0 Å². The van der Waals surface area contributed by atoms with Crippen LogP contribution in [0.2, 0.25) is 0 Å². The predicted molar refractivity (Wildman–Crippen MR) is 87.3 cm³/mol. The number of rotatable bonds is 1. The Labute approximate surface area is 122 Å². The zero-order chi connectivity index (χ0) is 14.5. The second-order valence-electron chi connectivity index (χ2n) is 7.70. The van der Waals surface area contributed by atoms with Crippen LogP contribution in [-0.2, 0) is 17.3 Å². The molecule has 0 fully saturated rings.